The van der Waals surface area contributed by atoms with Crippen LogP contribution in [0.15, 0.2) is 10.2 Å². The number of ether oxygens (including phenoxy) is 1. The highest BCUT2D eigenvalue weighted by molar-refractivity contribution is 5.66. The van der Waals surface area contributed by atoms with Crippen LogP contribution in [0.3, 0.4) is 0 Å². The summed E-state index contributed by atoms with van der Waals surface area (Å²) in [5.74, 6) is -0.359. The van der Waals surface area contributed by atoms with Gasteiger partial charge in [-0.05, 0) is 0 Å². The van der Waals surface area contributed by atoms with Gasteiger partial charge in [-0.25, -0.2) is 0 Å². The molecule has 0 spiro atoms. The molecule has 0 fully saturated rings. The number of hydrogen-bond acceptors (Lipinski definition) is 5. The zero-order valence-corrected chi connectivity index (χ0v) is 9.97. The summed E-state index contributed by atoms with van der Waals surface area (Å²) >= 11 is 0. The first kappa shape index (κ1) is 14.0. The minimum atomic E-state index is -0.846. The van der Waals surface area contributed by atoms with Gasteiger partial charge >= 0.3 is 5.97 Å². The summed E-state index contributed by atoms with van der Waals surface area (Å²) in [4.78, 5) is 10.8. The molecule has 0 aliphatic carbocycles. The lowest BCUT2D eigenvalue weighted by Crippen LogP contribution is -2.21. The standard InChI is InChI=1S/C10H20N2O3/c1-6(2)9(14)11-12-10(7(3)4)15-8(5)13/h6-7,9-10,14H,1-5H3. The summed E-state index contributed by atoms with van der Waals surface area (Å²) in [5.41, 5.74) is 0. The zero-order valence-electron chi connectivity index (χ0n) is 9.97. The normalized spacial score (nSPS) is 16.0. The van der Waals surface area contributed by atoms with Crippen molar-refractivity contribution in [1.82, 2.24) is 0 Å². The van der Waals surface area contributed by atoms with Gasteiger partial charge in [0.2, 0.25) is 6.23 Å². The van der Waals surface area contributed by atoms with E-state index < -0.39 is 18.4 Å². The van der Waals surface area contributed by atoms with E-state index in [1.54, 1.807) is 0 Å². The third-order valence-electron chi connectivity index (χ3n) is 1.75. The number of rotatable bonds is 5. The number of azo groups is 1. The van der Waals surface area contributed by atoms with Crippen molar-refractivity contribution in [1.29, 1.82) is 0 Å². The maximum Gasteiger partial charge on any atom is 0.304 e. The number of hydrogen-bond donors (Lipinski definition) is 1. The van der Waals surface area contributed by atoms with Gasteiger partial charge in [-0.15, -0.1) is 5.11 Å². The number of carbonyl (C=O) groups excluding carboxylic acids is 1. The molecular formula is C10H20N2O3. The second-order valence-corrected chi connectivity index (χ2v) is 4.13. The molecule has 88 valence electrons. The number of aliphatic hydroxyl groups is 1. The van der Waals surface area contributed by atoms with Crippen molar-refractivity contribution in [3.05, 3.63) is 0 Å². The van der Waals surface area contributed by atoms with Crippen molar-refractivity contribution in [3.63, 3.8) is 0 Å². The van der Waals surface area contributed by atoms with E-state index >= 15 is 0 Å². The second-order valence-electron chi connectivity index (χ2n) is 4.13. The van der Waals surface area contributed by atoms with E-state index in [1.807, 2.05) is 27.7 Å². The molecule has 1 N–H and O–H groups in total. The Labute approximate surface area is 90.5 Å². The Kier molecular flexibility index (Phi) is 6.08. The fraction of sp³-hybridized carbons (Fsp3) is 0.900. The number of esters is 1. The van der Waals surface area contributed by atoms with Crippen LogP contribution >= 0.6 is 0 Å². The van der Waals surface area contributed by atoms with Gasteiger partial charge in [0.15, 0.2) is 6.23 Å². The molecule has 2 atom stereocenters. The maximum atomic E-state index is 10.8. The molecule has 0 aromatic heterocycles. The average Bonchev–Trinajstić information content (AvgIpc) is 2.10. The molecule has 15 heavy (non-hydrogen) atoms. The van der Waals surface area contributed by atoms with Crippen LogP contribution < -0.4 is 0 Å². The molecule has 0 radical (unpaired) electrons. The molecule has 0 saturated carbocycles. The van der Waals surface area contributed by atoms with Gasteiger partial charge < -0.3 is 9.84 Å². The summed E-state index contributed by atoms with van der Waals surface area (Å²) in [5, 5.41) is 16.9. The number of carbonyl (C=O) groups is 1. The van der Waals surface area contributed by atoms with Crippen LogP contribution in [-0.4, -0.2) is 23.5 Å². The van der Waals surface area contributed by atoms with E-state index in [-0.39, 0.29) is 11.8 Å². The minimum Gasteiger partial charge on any atom is -0.438 e. The largest absolute Gasteiger partial charge is 0.438 e. The average molecular weight is 216 g/mol. The first-order valence-corrected chi connectivity index (χ1v) is 5.09. The van der Waals surface area contributed by atoms with Gasteiger partial charge in [0.05, 0.1) is 0 Å². The monoisotopic (exact) mass is 216 g/mol. The molecule has 0 rings (SSSR count). The molecular weight excluding hydrogens is 196 g/mol. The highest BCUT2D eigenvalue weighted by Gasteiger charge is 2.16. The van der Waals surface area contributed by atoms with Crippen LogP contribution in [0.1, 0.15) is 34.6 Å². The third-order valence-corrected chi connectivity index (χ3v) is 1.75. The van der Waals surface area contributed by atoms with E-state index in [9.17, 15) is 9.90 Å². The first-order valence-electron chi connectivity index (χ1n) is 5.09. The van der Waals surface area contributed by atoms with E-state index in [4.69, 9.17) is 4.74 Å². The zero-order chi connectivity index (χ0) is 12.0. The highest BCUT2D eigenvalue weighted by atomic mass is 16.6. The number of nitrogens with zero attached hydrogens (tertiary/aromatic N) is 2. The van der Waals surface area contributed by atoms with Crippen molar-refractivity contribution in [2.24, 2.45) is 22.1 Å². The Morgan fingerprint density at radius 2 is 1.67 bits per heavy atom. The van der Waals surface area contributed by atoms with Crippen LogP contribution in [0.5, 0.6) is 0 Å². The van der Waals surface area contributed by atoms with Crippen molar-refractivity contribution >= 4 is 5.97 Å². The molecule has 0 amide bonds. The topological polar surface area (TPSA) is 71.2 Å². The summed E-state index contributed by atoms with van der Waals surface area (Å²) in [6, 6.07) is 0. The first-order chi connectivity index (χ1) is 6.84. The van der Waals surface area contributed by atoms with Crippen LogP contribution in [0.2, 0.25) is 0 Å². The minimum absolute atomic E-state index is 0.00103. The fourth-order valence-electron chi connectivity index (χ4n) is 0.730. The van der Waals surface area contributed by atoms with Crippen molar-refractivity contribution in [2.75, 3.05) is 0 Å². The second kappa shape index (κ2) is 6.50. The molecule has 0 aliphatic rings. The van der Waals surface area contributed by atoms with Gasteiger partial charge in [-0.2, -0.15) is 5.11 Å². The van der Waals surface area contributed by atoms with E-state index in [0.717, 1.165) is 0 Å². The Morgan fingerprint density at radius 1 is 1.13 bits per heavy atom. The molecule has 2 unspecified atom stereocenters. The Bertz CT molecular complexity index is 227. The predicted molar refractivity (Wildman–Crippen MR) is 56.1 cm³/mol. The van der Waals surface area contributed by atoms with Gasteiger partial charge in [0, 0.05) is 18.8 Å². The highest BCUT2D eigenvalue weighted by Crippen LogP contribution is 2.11. The van der Waals surface area contributed by atoms with Crippen LogP contribution in [0.25, 0.3) is 0 Å². The van der Waals surface area contributed by atoms with Crippen LogP contribution in [-0.2, 0) is 9.53 Å². The Hall–Kier alpha value is -0.970. The molecule has 0 saturated heterocycles. The van der Waals surface area contributed by atoms with Gasteiger partial charge in [-0.1, -0.05) is 27.7 Å². The van der Waals surface area contributed by atoms with E-state index in [1.165, 1.54) is 6.92 Å². The van der Waals surface area contributed by atoms with Crippen molar-refractivity contribution < 1.29 is 14.6 Å². The lowest BCUT2D eigenvalue weighted by Gasteiger charge is -2.16. The summed E-state index contributed by atoms with van der Waals surface area (Å²) in [6.45, 7) is 8.73. The van der Waals surface area contributed by atoms with Crippen LogP contribution in [0, 0.1) is 11.8 Å². The molecule has 0 bridgehead atoms. The lowest BCUT2D eigenvalue weighted by molar-refractivity contribution is -0.148. The molecule has 0 heterocycles. The summed E-state index contributed by atoms with van der Waals surface area (Å²) in [6.07, 6.45) is -1.46. The van der Waals surface area contributed by atoms with Crippen molar-refractivity contribution in [2.45, 2.75) is 47.1 Å². The SMILES string of the molecule is CC(=O)OC(N=NC(O)C(C)C)C(C)C. The maximum absolute atomic E-state index is 10.8. The smallest absolute Gasteiger partial charge is 0.304 e. The number of aliphatic hydroxyl groups excluding tert-OH is 1. The predicted octanol–water partition coefficient (Wildman–Crippen LogP) is 1.96. The fourth-order valence-corrected chi connectivity index (χ4v) is 0.730. The van der Waals surface area contributed by atoms with Gasteiger partial charge in [-0.3, -0.25) is 4.79 Å². The summed E-state index contributed by atoms with van der Waals surface area (Å²) < 4.78 is 4.93. The molecule has 5 heteroatoms. The van der Waals surface area contributed by atoms with Gasteiger partial charge in [0.1, 0.15) is 0 Å². The molecule has 5 nitrogen and oxygen atoms in total. The molecule has 0 aromatic rings. The quantitative estimate of drug-likeness (QED) is 0.564. The van der Waals surface area contributed by atoms with Crippen molar-refractivity contribution in [3.8, 4) is 0 Å². The molecule has 0 aromatic carbocycles. The van der Waals surface area contributed by atoms with E-state index in [0.29, 0.717) is 0 Å². The van der Waals surface area contributed by atoms with Gasteiger partial charge in [0.25, 0.3) is 0 Å². The third kappa shape index (κ3) is 6.17. The Balaban J connectivity index is 4.34. The summed E-state index contributed by atoms with van der Waals surface area (Å²) in [7, 11) is 0. The lowest BCUT2D eigenvalue weighted by atomic mass is 10.2. The molecule has 0 aliphatic heterocycles. The van der Waals surface area contributed by atoms with Crippen LogP contribution in [0.4, 0.5) is 0 Å². The van der Waals surface area contributed by atoms with E-state index in [2.05, 4.69) is 10.2 Å². The Morgan fingerprint density at radius 3 is 2.00 bits per heavy atom.